The molecule has 0 aromatic rings. The Kier molecular flexibility index (Phi) is 1.21. The number of hydrogen-bond donors (Lipinski definition) is 2. The van der Waals surface area contributed by atoms with Crippen LogP contribution < -0.4 is 16.4 Å². The lowest BCUT2D eigenvalue weighted by Gasteiger charge is -1.88. The summed E-state index contributed by atoms with van der Waals surface area (Å²) in [5.74, 6) is -0.285. The summed E-state index contributed by atoms with van der Waals surface area (Å²) < 4.78 is 0. The van der Waals surface area contributed by atoms with Crippen LogP contribution in [-0.2, 0) is 4.79 Å². The van der Waals surface area contributed by atoms with E-state index in [0.717, 1.165) is 0 Å². The van der Waals surface area contributed by atoms with Gasteiger partial charge in [-0.3, -0.25) is 10.2 Å². The van der Waals surface area contributed by atoms with E-state index < -0.39 is 6.04 Å². The fourth-order valence-corrected chi connectivity index (χ4v) is 0.504. The third kappa shape index (κ3) is 0.671. The molecule has 1 aliphatic heterocycles. The third-order valence-corrected chi connectivity index (χ3v) is 0.949. The summed E-state index contributed by atoms with van der Waals surface area (Å²) in [6.45, 7) is 0.370. The minimum Gasteiger partial charge on any atom is -0.290 e. The Hall–Kier alpha value is -0.970. The maximum Gasteiger partial charge on any atom is 0.262 e. The Labute approximate surface area is 45.9 Å². The Morgan fingerprint density at radius 2 is 2.62 bits per heavy atom. The van der Waals surface area contributed by atoms with Crippen molar-refractivity contribution in [1.29, 1.82) is 0 Å². The van der Waals surface area contributed by atoms with Crippen molar-refractivity contribution in [3.63, 3.8) is 0 Å². The van der Waals surface area contributed by atoms with Gasteiger partial charge < -0.3 is 0 Å². The molecule has 5 nitrogen and oxygen atoms in total. The molecule has 1 aliphatic rings. The van der Waals surface area contributed by atoms with E-state index in [-0.39, 0.29) is 5.91 Å². The van der Waals surface area contributed by atoms with Gasteiger partial charge in [-0.1, -0.05) is 0 Å². The first-order chi connectivity index (χ1) is 3.84. The van der Waals surface area contributed by atoms with Crippen molar-refractivity contribution in [1.82, 2.24) is 16.4 Å². The van der Waals surface area contributed by atoms with E-state index in [1.165, 1.54) is 0 Å². The van der Waals surface area contributed by atoms with E-state index in [4.69, 9.17) is 5.53 Å². The van der Waals surface area contributed by atoms with Gasteiger partial charge in [0, 0.05) is 6.54 Å². The highest BCUT2D eigenvalue weighted by Gasteiger charge is 2.22. The van der Waals surface area contributed by atoms with Crippen LogP contribution in [0.25, 0.3) is 0 Å². The first-order valence-corrected chi connectivity index (χ1v) is 2.21. The molecule has 1 radical (unpaired) electrons. The maximum atomic E-state index is 10.4. The number of rotatable bonds is 1. The van der Waals surface area contributed by atoms with E-state index in [9.17, 15) is 4.79 Å². The maximum absolute atomic E-state index is 10.4. The first kappa shape index (κ1) is 5.17. The quantitative estimate of drug-likeness (QED) is 0.395. The van der Waals surface area contributed by atoms with Gasteiger partial charge in [0.15, 0.2) is 6.04 Å². The highest BCUT2D eigenvalue weighted by atomic mass is 16.2. The van der Waals surface area contributed by atoms with Crippen LogP contribution in [0.4, 0.5) is 0 Å². The zero-order chi connectivity index (χ0) is 5.98. The standard InChI is InChI=1S/C3H5N4O/c4-6-2-1-5-7-3(2)8/h2,5H,1H2,(H,7,8). The van der Waals surface area contributed by atoms with Crippen LogP contribution in [-0.4, -0.2) is 18.5 Å². The van der Waals surface area contributed by atoms with Crippen LogP contribution in [0.5, 0.6) is 0 Å². The molecule has 5 heteroatoms. The van der Waals surface area contributed by atoms with Crippen molar-refractivity contribution in [3.05, 3.63) is 0 Å². The number of carbonyl (C=O) groups is 1. The van der Waals surface area contributed by atoms with Crippen LogP contribution in [0.2, 0.25) is 0 Å². The molecule has 2 N–H and O–H groups in total. The van der Waals surface area contributed by atoms with Crippen LogP contribution in [0.1, 0.15) is 0 Å². The van der Waals surface area contributed by atoms with Gasteiger partial charge in [-0.15, -0.1) is 0 Å². The summed E-state index contributed by atoms with van der Waals surface area (Å²) in [5.41, 5.74) is 12.9. The smallest absolute Gasteiger partial charge is 0.262 e. The lowest BCUT2D eigenvalue weighted by Crippen LogP contribution is -2.26. The van der Waals surface area contributed by atoms with Gasteiger partial charge in [-0.25, -0.2) is 5.43 Å². The predicted molar refractivity (Wildman–Crippen MR) is 24.5 cm³/mol. The summed E-state index contributed by atoms with van der Waals surface area (Å²) in [5, 5.41) is 2.79. The third-order valence-electron chi connectivity index (χ3n) is 0.949. The molecule has 0 aromatic carbocycles. The van der Waals surface area contributed by atoms with E-state index in [1.807, 2.05) is 0 Å². The van der Waals surface area contributed by atoms with Crippen LogP contribution in [0.3, 0.4) is 0 Å². The fraction of sp³-hybridized carbons (Fsp3) is 0.667. The molecule has 0 aliphatic carbocycles. The average molecular weight is 113 g/mol. The molecule has 1 saturated heterocycles. The topological polar surface area (TPSA) is 75.8 Å². The normalized spacial score (nSPS) is 27.5. The molecule has 0 saturated carbocycles. The largest absolute Gasteiger partial charge is 0.290 e. The molecule has 1 fully saturated rings. The zero-order valence-corrected chi connectivity index (χ0v) is 4.09. The Morgan fingerprint density at radius 1 is 1.88 bits per heavy atom. The summed E-state index contributed by atoms with van der Waals surface area (Å²) in [7, 11) is 0. The van der Waals surface area contributed by atoms with Gasteiger partial charge in [0.1, 0.15) is 0 Å². The van der Waals surface area contributed by atoms with Crippen molar-refractivity contribution in [2.75, 3.05) is 6.54 Å². The zero-order valence-electron chi connectivity index (χ0n) is 4.09. The highest BCUT2D eigenvalue weighted by molar-refractivity contribution is 5.83. The molecule has 0 spiro atoms. The molecule has 1 rings (SSSR count). The van der Waals surface area contributed by atoms with Gasteiger partial charge in [-0.2, -0.15) is 5.11 Å². The number of hydrogen-bond acceptors (Lipinski definition) is 3. The molecular weight excluding hydrogens is 108 g/mol. The summed E-state index contributed by atoms with van der Waals surface area (Å²) >= 11 is 0. The molecule has 8 heavy (non-hydrogen) atoms. The summed E-state index contributed by atoms with van der Waals surface area (Å²) in [6, 6.07) is -0.616. The van der Waals surface area contributed by atoms with E-state index in [0.29, 0.717) is 6.54 Å². The van der Waals surface area contributed by atoms with E-state index in [2.05, 4.69) is 16.0 Å². The summed E-state index contributed by atoms with van der Waals surface area (Å²) in [6.07, 6.45) is 0. The SMILES string of the molecule is [N]=NC1CNNC1=O. The second kappa shape index (κ2) is 1.87. The van der Waals surface area contributed by atoms with Crippen molar-refractivity contribution >= 4 is 5.91 Å². The van der Waals surface area contributed by atoms with Gasteiger partial charge in [-0.05, 0) is 5.53 Å². The predicted octanol–water partition coefficient (Wildman–Crippen LogP) is -1.76. The second-order valence-electron chi connectivity index (χ2n) is 1.50. The van der Waals surface area contributed by atoms with Crippen molar-refractivity contribution in [2.24, 2.45) is 5.11 Å². The van der Waals surface area contributed by atoms with Crippen molar-refractivity contribution < 1.29 is 4.79 Å². The monoisotopic (exact) mass is 113 g/mol. The van der Waals surface area contributed by atoms with Crippen LogP contribution in [0, 0.1) is 0 Å². The molecule has 0 aromatic heterocycles. The van der Waals surface area contributed by atoms with Crippen LogP contribution in [0.15, 0.2) is 5.11 Å². The minimum atomic E-state index is -0.616. The Balaban J connectivity index is 2.54. The number of hydrazine groups is 1. The van der Waals surface area contributed by atoms with Gasteiger partial charge in [0.25, 0.3) is 5.91 Å². The number of amides is 1. The number of nitrogens with one attached hydrogen (secondary N) is 2. The number of nitrogens with zero attached hydrogens (tertiary/aromatic N) is 2. The van der Waals surface area contributed by atoms with E-state index in [1.54, 1.807) is 0 Å². The molecular formula is C3H5N4O. The Morgan fingerprint density at radius 3 is 2.88 bits per heavy atom. The molecule has 1 heterocycles. The Bertz CT molecular complexity index is 122. The van der Waals surface area contributed by atoms with E-state index >= 15 is 0 Å². The lowest BCUT2D eigenvalue weighted by atomic mass is 10.3. The van der Waals surface area contributed by atoms with Gasteiger partial charge in [0.05, 0.1) is 0 Å². The van der Waals surface area contributed by atoms with Crippen molar-refractivity contribution in [3.8, 4) is 0 Å². The van der Waals surface area contributed by atoms with Crippen LogP contribution >= 0.6 is 0 Å². The molecule has 1 amide bonds. The van der Waals surface area contributed by atoms with Gasteiger partial charge >= 0.3 is 0 Å². The van der Waals surface area contributed by atoms with Gasteiger partial charge in [0.2, 0.25) is 0 Å². The minimum absolute atomic E-state index is 0.285. The fourth-order valence-electron chi connectivity index (χ4n) is 0.504. The molecule has 0 bridgehead atoms. The molecule has 1 unspecified atom stereocenters. The molecule has 1 atom stereocenters. The second-order valence-corrected chi connectivity index (χ2v) is 1.50. The highest BCUT2D eigenvalue weighted by Crippen LogP contribution is 1.90. The van der Waals surface area contributed by atoms with Crippen molar-refractivity contribution in [2.45, 2.75) is 6.04 Å². The average Bonchev–Trinajstić information content (AvgIpc) is 2.14. The molecule has 43 valence electrons. The lowest BCUT2D eigenvalue weighted by molar-refractivity contribution is -0.120. The first-order valence-electron chi connectivity index (χ1n) is 2.21. The summed E-state index contributed by atoms with van der Waals surface area (Å²) in [4.78, 5) is 10.4. The number of carbonyl (C=O) groups excluding carboxylic acids is 1.